The van der Waals surface area contributed by atoms with E-state index in [-0.39, 0.29) is 16.7 Å². The summed E-state index contributed by atoms with van der Waals surface area (Å²) in [5.41, 5.74) is 0.667. The van der Waals surface area contributed by atoms with E-state index >= 15 is 0 Å². The Morgan fingerprint density at radius 2 is 1.75 bits per heavy atom. The van der Waals surface area contributed by atoms with Crippen molar-refractivity contribution in [2.45, 2.75) is 20.4 Å². The number of rotatable bonds is 4. The number of nitrogens with one attached hydrogen (secondary N) is 1. The molecule has 0 bridgehead atoms. The van der Waals surface area contributed by atoms with Crippen LogP contribution < -0.4 is 5.32 Å². The van der Waals surface area contributed by atoms with Gasteiger partial charge < -0.3 is 5.32 Å². The molecule has 0 aromatic heterocycles. The lowest BCUT2D eigenvalue weighted by molar-refractivity contribution is 0.576. The van der Waals surface area contributed by atoms with Gasteiger partial charge in [-0.15, -0.1) is 0 Å². The number of aryl methyl sites for hydroxylation is 1. The third kappa shape index (κ3) is 2.85. The Balaban J connectivity index is 2.46. The molecule has 2 aromatic carbocycles. The summed E-state index contributed by atoms with van der Waals surface area (Å²) in [6.07, 6.45) is 0. The molecule has 0 fully saturated rings. The predicted molar refractivity (Wildman–Crippen MR) is 73.9 cm³/mol. The molecule has 0 aliphatic carbocycles. The fourth-order valence-corrected chi connectivity index (χ4v) is 2.04. The van der Waals surface area contributed by atoms with Crippen molar-refractivity contribution < 1.29 is 13.2 Å². The largest absolute Gasteiger partial charge is 0.313 e. The zero-order chi connectivity index (χ0) is 14.7. The van der Waals surface area contributed by atoms with Gasteiger partial charge in [-0.2, -0.15) is 0 Å². The molecule has 4 heteroatoms. The Hall–Kier alpha value is -1.81. The molecule has 0 radical (unpaired) electrons. The molecule has 20 heavy (non-hydrogen) atoms. The molecule has 0 aliphatic heterocycles. The molecule has 0 saturated heterocycles. The summed E-state index contributed by atoms with van der Waals surface area (Å²) in [7, 11) is 0. The molecule has 0 heterocycles. The molecule has 1 nitrogen and oxygen atoms in total. The molecule has 0 amide bonds. The highest BCUT2D eigenvalue weighted by atomic mass is 19.1. The van der Waals surface area contributed by atoms with Crippen LogP contribution in [0.2, 0.25) is 0 Å². The summed E-state index contributed by atoms with van der Waals surface area (Å²) in [5.74, 6) is -2.10. The first-order chi connectivity index (χ1) is 9.54. The van der Waals surface area contributed by atoms with E-state index in [1.54, 1.807) is 6.07 Å². The van der Waals surface area contributed by atoms with Crippen LogP contribution in [-0.4, -0.2) is 6.54 Å². The van der Waals surface area contributed by atoms with Gasteiger partial charge >= 0.3 is 0 Å². The second-order valence-corrected chi connectivity index (χ2v) is 4.65. The summed E-state index contributed by atoms with van der Waals surface area (Å²) in [6.45, 7) is 4.76. The predicted octanol–water partition coefficient (Wildman–Crippen LogP) is 4.19. The van der Waals surface area contributed by atoms with E-state index in [2.05, 4.69) is 5.32 Å². The van der Waals surface area contributed by atoms with Crippen LogP contribution in [0, 0.1) is 24.4 Å². The van der Waals surface area contributed by atoms with Gasteiger partial charge in [-0.05, 0) is 36.7 Å². The molecule has 0 unspecified atom stereocenters. The maximum atomic E-state index is 14.1. The minimum Gasteiger partial charge on any atom is -0.313 e. The minimum absolute atomic E-state index is 0.0519. The van der Waals surface area contributed by atoms with Crippen LogP contribution in [0.15, 0.2) is 30.3 Å². The molecule has 0 spiro atoms. The normalized spacial score (nSPS) is 10.8. The minimum atomic E-state index is -0.758. The van der Waals surface area contributed by atoms with Gasteiger partial charge in [0.25, 0.3) is 0 Å². The fourth-order valence-electron chi connectivity index (χ4n) is 2.04. The topological polar surface area (TPSA) is 12.0 Å². The van der Waals surface area contributed by atoms with Crippen LogP contribution in [0.25, 0.3) is 11.1 Å². The van der Waals surface area contributed by atoms with E-state index in [1.807, 2.05) is 6.92 Å². The Morgan fingerprint density at radius 3 is 2.40 bits per heavy atom. The van der Waals surface area contributed by atoms with Gasteiger partial charge in [0, 0.05) is 12.1 Å². The molecular formula is C16H16F3N. The van der Waals surface area contributed by atoms with E-state index < -0.39 is 17.5 Å². The molecule has 0 saturated carbocycles. The third-order valence-electron chi connectivity index (χ3n) is 3.17. The molecular weight excluding hydrogens is 263 g/mol. The Kier molecular flexibility index (Phi) is 4.45. The third-order valence-corrected chi connectivity index (χ3v) is 3.17. The van der Waals surface area contributed by atoms with Gasteiger partial charge in [0.2, 0.25) is 0 Å². The maximum absolute atomic E-state index is 14.1. The number of hydrogen-bond acceptors (Lipinski definition) is 1. The van der Waals surface area contributed by atoms with Crippen LogP contribution in [0.1, 0.15) is 18.1 Å². The zero-order valence-electron chi connectivity index (χ0n) is 11.4. The van der Waals surface area contributed by atoms with Gasteiger partial charge in [0.1, 0.15) is 17.5 Å². The van der Waals surface area contributed by atoms with Crippen LogP contribution in [-0.2, 0) is 6.54 Å². The van der Waals surface area contributed by atoms with Crippen molar-refractivity contribution in [3.8, 4) is 11.1 Å². The highest BCUT2D eigenvalue weighted by Gasteiger charge is 2.17. The Bertz CT molecular complexity index is 623. The maximum Gasteiger partial charge on any atom is 0.136 e. The van der Waals surface area contributed by atoms with E-state index in [9.17, 15) is 13.2 Å². The smallest absolute Gasteiger partial charge is 0.136 e. The highest BCUT2D eigenvalue weighted by molar-refractivity contribution is 5.66. The van der Waals surface area contributed by atoms with E-state index in [0.717, 1.165) is 18.2 Å². The fraction of sp³-hybridized carbons (Fsp3) is 0.250. The van der Waals surface area contributed by atoms with E-state index in [1.165, 1.54) is 25.1 Å². The van der Waals surface area contributed by atoms with Crippen LogP contribution >= 0.6 is 0 Å². The van der Waals surface area contributed by atoms with Crippen molar-refractivity contribution >= 4 is 0 Å². The standard InChI is InChI=1S/C16H16F3N/c1-3-20-9-11-5-6-12(14(18)8-11)15-13(17)7-4-10(2)16(15)19/h4-8,20H,3,9H2,1-2H3. The van der Waals surface area contributed by atoms with Crippen molar-refractivity contribution in [1.29, 1.82) is 0 Å². The van der Waals surface area contributed by atoms with E-state index in [0.29, 0.717) is 6.54 Å². The molecule has 1 N–H and O–H groups in total. The molecule has 0 aliphatic rings. The summed E-state index contributed by atoms with van der Waals surface area (Å²) >= 11 is 0. The summed E-state index contributed by atoms with van der Waals surface area (Å²) in [5, 5.41) is 3.07. The highest BCUT2D eigenvalue weighted by Crippen LogP contribution is 2.30. The van der Waals surface area contributed by atoms with Crippen LogP contribution in [0.3, 0.4) is 0 Å². The zero-order valence-corrected chi connectivity index (χ0v) is 11.4. The van der Waals surface area contributed by atoms with Crippen LogP contribution in [0.4, 0.5) is 13.2 Å². The lowest BCUT2D eigenvalue weighted by atomic mass is 10.00. The summed E-state index contributed by atoms with van der Waals surface area (Å²) in [4.78, 5) is 0. The number of hydrogen-bond donors (Lipinski definition) is 1. The second kappa shape index (κ2) is 6.09. The average molecular weight is 279 g/mol. The van der Waals surface area contributed by atoms with Crippen molar-refractivity contribution in [1.82, 2.24) is 5.32 Å². The second-order valence-electron chi connectivity index (χ2n) is 4.65. The summed E-state index contributed by atoms with van der Waals surface area (Å²) in [6, 6.07) is 6.88. The quantitative estimate of drug-likeness (QED) is 0.885. The van der Waals surface area contributed by atoms with Gasteiger partial charge in [-0.3, -0.25) is 0 Å². The lowest BCUT2D eigenvalue weighted by Crippen LogP contribution is -2.11. The van der Waals surface area contributed by atoms with Crippen LogP contribution in [0.5, 0.6) is 0 Å². The van der Waals surface area contributed by atoms with Gasteiger partial charge in [0.05, 0.1) is 5.56 Å². The Morgan fingerprint density at radius 1 is 1.00 bits per heavy atom. The SMILES string of the molecule is CCNCc1ccc(-c2c(F)ccc(C)c2F)c(F)c1. The summed E-state index contributed by atoms with van der Waals surface area (Å²) < 4.78 is 41.9. The molecule has 2 aromatic rings. The Labute approximate surface area is 116 Å². The average Bonchev–Trinajstić information content (AvgIpc) is 2.43. The first kappa shape index (κ1) is 14.6. The van der Waals surface area contributed by atoms with Crippen molar-refractivity contribution in [3.05, 3.63) is 58.9 Å². The van der Waals surface area contributed by atoms with Crippen molar-refractivity contribution in [2.75, 3.05) is 6.54 Å². The first-order valence-corrected chi connectivity index (χ1v) is 6.48. The molecule has 0 atom stereocenters. The van der Waals surface area contributed by atoms with Gasteiger partial charge in [-0.1, -0.05) is 25.1 Å². The van der Waals surface area contributed by atoms with E-state index in [4.69, 9.17) is 0 Å². The molecule has 106 valence electrons. The van der Waals surface area contributed by atoms with Crippen molar-refractivity contribution in [2.24, 2.45) is 0 Å². The number of halogens is 3. The first-order valence-electron chi connectivity index (χ1n) is 6.48. The molecule has 2 rings (SSSR count). The van der Waals surface area contributed by atoms with Gasteiger partial charge in [0.15, 0.2) is 0 Å². The number of benzene rings is 2. The lowest BCUT2D eigenvalue weighted by Gasteiger charge is -2.10. The van der Waals surface area contributed by atoms with Gasteiger partial charge in [-0.25, -0.2) is 13.2 Å². The van der Waals surface area contributed by atoms with Crippen molar-refractivity contribution in [3.63, 3.8) is 0 Å². The monoisotopic (exact) mass is 279 g/mol.